The summed E-state index contributed by atoms with van der Waals surface area (Å²) in [4.78, 5) is 26.4. The topological polar surface area (TPSA) is 83.6 Å². The minimum Gasteiger partial charge on any atom is -0.352 e. The zero-order valence-corrected chi connectivity index (χ0v) is 14.9. The van der Waals surface area contributed by atoms with E-state index >= 15 is 0 Å². The van der Waals surface area contributed by atoms with Gasteiger partial charge in [-0.05, 0) is 38.0 Å². The summed E-state index contributed by atoms with van der Waals surface area (Å²) < 4.78 is 23.3. The third kappa shape index (κ3) is 4.35. The number of nitrogens with zero attached hydrogens (tertiary/aromatic N) is 1. The molecule has 1 heterocycles. The summed E-state index contributed by atoms with van der Waals surface area (Å²) in [5.41, 5.74) is 0.842. The van der Waals surface area contributed by atoms with Gasteiger partial charge in [0.25, 0.3) is 11.8 Å². The van der Waals surface area contributed by atoms with Crippen molar-refractivity contribution in [2.24, 2.45) is 0 Å². The van der Waals surface area contributed by atoms with E-state index in [1.165, 1.54) is 0 Å². The number of hydrogen-bond donors (Lipinski definition) is 1. The standard InChI is InChI=1S/C17H24N2O4S/c1-3-9-18-16(20)13-6-5-7-14(11-13)17(21)19(4-2)15-8-10-24(22,23)12-15/h5-7,11,15H,3-4,8-10,12H2,1-2H3,(H,18,20). The third-order valence-electron chi connectivity index (χ3n) is 4.16. The van der Waals surface area contributed by atoms with Crippen LogP contribution in [0.2, 0.25) is 0 Å². The van der Waals surface area contributed by atoms with Crippen molar-refractivity contribution in [2.75, 3.05) is 24.6 Å². The fourth-order valence-corrected chi connectivity index (χ4v) is 4.62. The van der Waals surface area contributed by atoms with Crippen LogP contribution < -0.4 is 5.32 Å². The van der Waals surface area contributed by atoms with Crippen LogP contribution in [0.1, 0.15) is 47.4 Å². The maximum Gasteiger partial charge on any atom is 0.254 e. The van der Waals surface area contributed by atoms with Gasteiger partial charge in [0.05, 0.1) is 11.5 Å². The summed E-state index contributed by atoms with van der Waals surface area (Å²) in [6.45, 7) is 4.82. The molecule has 1 aromatic rings. The monoisotopic (exact) mass is 352 g/mol. The van der Waals surface area contributed by atoms with E-state index in [1.54, 1.807) is 29.2 Å². The molecular weight excluding hydrogens is 328 g/mol. The first-order valence-electron chi connectivity index (χ1n) is 8.27. The lowest BCUT2D eigenvalue weighted by Gasteiger charge is -2.27. The van der Waals surface area contributed by atoms with Crippen LogP contribution in [-0.4, -0.2) is 55.8 Å². The number of sulfone groups is 1. The van der Waals surface area contributed by atoms with Crippen LogP contribution in [0.3, 0.4) is 0 Å². The Morgan fingerprint density at radius 2 is 1.96 bits per heavy atom. The summed E-state index contributed by atoms with van der Waals surface area (Å²) in [6, 6.07) is 6.28. The second-order valence-corrected chi connectivity index (χ2v) is 8.21. The lowest BCUT2D eigenvalue weighted by Crippen LogP contribution is -2.41. The van der Waals surface area contributed by atoms with Crippen LogP contribution in [0, 0.1) is 0 Å². The predicted molar refractivity (Wildman–Crippen MR) is 92.8 cm³/mol. The van der Waals surface area contributed by atoms with Crippen LogP contribution in [0.25, 0.3) is 0 Å². The molecule has 0 radical (unpaired) electrons. The molecule has 1 unspecified atom stereocenters. The highest BCUT2D eigenvalue weighted by molar-refractivity contribution is 7.91. The van der Waals surface area contributed by atoms with Crippen LogP contribution in [0.4, 0.5) is 0 Å². The molecule has 2 rings (SSSR count). The molecule has 1 aliphatic rings. The first kappa shape index (κ1) is 18.4. The quantitative estimate of drug-likeness (QED) is 0.840. The Balaban J connectivity index is 2.17. The van der Waals surface area contributed by atoms with Crippen molar-refractivity contribution in [1.82, 2.24) is 10.2 Å². The van der Waals surface area contributed by atoms with E-state index in [0.29, 0.717) is 30.6 Å². The lowest BCUT2D eigenvalue weighted by molar-refractivity contribution is 0.0708. The smallest absolute Gasteiger partial charge is 0.254 e. The number of benzene rings is 1. The third-order valence-corrected chi connectivity index (χ3v) is 5.91. The van der Waals surface area contributed by atoms with Crippen LogP contribution in [0.5, 0.6) is 0 Å². The van der Waals surface area contributed by atoms with Crippen molar-refractivity contribution in [2.45, 2.75) is 32.7 Å². The van der Waals surface area contributed by atoms with Crippen LogP contribution in [-0.2, 0) is 9.84 Å². The molecule has 1 fully saturated rings. The minimum absolute atomic E-state index is 0.0171. The predicted octanol–water partition coefficient (Wildman–Crippen LogP) is 1.48. The molecule has 0 spiro atoms. The van der Waals surface area contributed by atoms with Crippen molar-refractivity contribution < 1.29 is 18.0 Å². The summed E-state index contributed by atoms with van der Waals surface area (Å²) in [5.74, 6) is -0.299. The molecular formula is C17H24N2O4S. The largest absolute Gasteiger partial charge is 0.352 e. The first-order chi connectivity index (χ1) is 11.4. The molecule has 1 aliphatic heterocycles. The number of carbonyl (C=O) groups is 2. The Kier molecular flexibility index (Phi) is 5.99. The van der Waals surface area contributed by atoms with Crippen molar-refractivity contribution in [3.63, 3.8) is 0 Å². The molecule has 6 nitrogen and oxygen atoms in total. The molecule has 1 saturated heterocycles. The normalized spacial score (nSPS) is 19.0. The fourth-order valence-electron chi connectivity index (χ4n) is 2.89. The van der Waals surface area contributed by atoms with Gasteiger partial charge in [-0.15, -0.1) is 0 Å². The van der Waals surface area contributed by atoms with E-state index in [1.807, 2.05) is 13.8 Å². The van der Waals surface area contributed by atoms with Gasteiger partial charge in [-0.1, -0.05) is 13.0 Å². The van der Waals surface area contributed by atoms with Crippen LogP contribution in [0.15, 0.2) is 24.3 Å². The molecule has 7 heteroatoms. The molecule has 2 amide bonds. The van der Waals surface area contributed by atoms with E-state index in [9.17, 15) is 18.0 Å². The number of hydrogen-bond acceptors (Lipinski definition) is 4. The van der Waals surface area contributed by atoms with Gasteiger partial charge in [-0.3, -0.25) is 9.59 Å². The Labute approximate surface area is 143 Å². The summed E-state index contributed by atoms with van der Waals surface area (Å²) in [5, 5.41) is 2.78. The van der Waals surface area contributed by atoms with Crippen molar-refractivity contribution in [3.8, 4) is 0 Å². The van der Waals surface area contributed by atoms with Crippen molar-refractivity contribution in [1.29, 1.82) is 0 Å². The second kappa shape index (κ2) is 7.79. The van der Waals surface area contributed by atoms with Gasteiger partial charge in [0, 0.05) is 30.3 Å². The molecule has 1 atom stereocenters. The van der Waals surface area contributed by atoms with Crippen LogP contribution >= 0.6 is 0 Å². The zero-order chi connectivity index (χ0) is 17.7. The van der Waals surface area contributed by atoms with E-state index < -0.39 is 9.84 Å². The highest BCUT2D eigenvalue weighted by atomic mass is 32.2. The molecule has 24 heavy (non-hydrogen) atoms. The maximum atomic E-state index is 12.8. The fraction of sp³-hybridized carbons (Fsp3) is 0.529. The van der Waals surface area contributed by atoms with Gasteiger partial charge >= 0.3 is 0 Å². The van der Waals surface area contributed by atoms with E-state index in [2.05, 4.69) is 5.32 Å². The van der Waals surface area contributed by atoms with Gasteiger partial charge in [0.15, 0.2) is 9.84 Å². The Morgan fingerprint density at radius 3 is 2.54 bits per heavy atom. The lowest BCUT2D eigenvalue weighted by atomic mass is 10.1. The van der Waals surface area contributed by atoms with Gasteiger partial charge in [0.2, 0.25) is 0 Å². The van der Waals surface area contributed by atoms with E-state index in [-0.39, 0.29) is 29.4 Å². The number of nitrogens with one attached hydrogen (secondary N) is 1. The molecule has 132 valence electrons. The number of amides is 2. The molecule has 1 N–H and O–H groups in total. The summed E-state index contributed by atoms with van der Waals surface area (Å²) in [6.07, 6.45) is 1.31. The molecule has 1 aromatic carbocycles. The maximum absolute atomic E-state index is 12.8. The van der Waals surface area contributed by atoms with E-state index in [0.717, 1.165) is 6.42 Å². The average Bonchev–Trinajstić information content (AvgIpc) is 2.93. The summed E-state index contributed by atoms with van der Waals surface area (Å²) in [7, 11) is -3.06. The van der Waals surface area contributed by atoms with Crippen molar-refractivity contribution in [3.05, 3.63) is 35.4 Å². The Bertz CT molecular complexity index is 715. The molecule has 0 aromatic heterocycles. The van der Waals surface area contributed by atoms with Crippen molar-refractivity contribution >= 4 is 21.7 Å². The summed E-state index contributed by atoms with van der Waals surface area (Å²) >= 11 is 0. The Hall–Kier alpha value is -1.89. The Morgan fingerprint density at radius 1 is 1.25 bits per heavy atom. The molecule has 0 bridgehead atoms. The highest BCUT2D eigenvalue weighted by Crippen LogP contribution is 2.20. The zero-order valence-electron chi connectivity index (χ0n) is 14.1. The highest BCUT2D eigenvalue weighted by Gasteiger charge is 2.34. The minimum atomic E-state index is -3.06. The van der Waals surface area contributed by atoms with Gasteiger partial charge in [-0.25, -0.2) is 8.42 Å². The van der Waals surface area contributed by atoms with Gasteiger partial charge in [0.1, 0.15) is 0 Å². The van der Waals surface area contributed by atoms with Gasteiger partial charge in [-0.2, -0.15) is 0 Å². The second-order valence-electron chi connectivity index (χ2n) is 5.98. The average molecular weight is 352 g/mol. The number of carbonyl (C=O) groups excluding carboxylic acids is 2. The SMILES string of the molecule is CCCNC(=O)c1cccc(C(=O)N(CC)C2CCS(=O)(=O)C2)c1. The van der Waals surface area contributed by atoms with E-state index in [4.69, 9.17) is 0 Å². The molecule has 0 aliphatic carbocycles. The molecule has 0 saturated carbocycles. The number of rotatable bonds is 6. The first-order valence-corrected chi connectivity index (χ1v) is 10.1. The van der Waals surface area contributed by atoms with Gasteiger partial charge < -0.3 is 10.2 Å².